The summed E-state index contributed by atoms with van der Waals surface area (Å²) in [5.41, 5.74) is 2.35. The number of hydrogen-bond acceptors (Lipinski definition) is 4. The summed E-state index contributed by atoms with van der Waals surface area (Å²) in [5, 5.41) is 6.42. The van der Waals surface area contributed by atoms with Gasteiger partial charge in [-0.15, -0.1) is 0 Å². The predicted octanol–water partition coefficient (Wildman–Crippen LogP) is 2.13. The van der Waals surface area contributed by atoms with Crippen molar-refractivity contribution in [2.24, 2.45) is 0 Å². The summed E-state index contributed by atoms with van der Waals surface area (Å²) in [5.74, 6) is 0.0806. The fraction of sp³-hybridized carbons (Fsp3) is 0.636. The molecule has 0 aromatic heterocycles. The molecule has 0 radical (unpaired) electrons. The number of aryl methyl sites for hydroxylation is 1. The number of rotatable bonds is 3. The molecule has 29 heavy (non-hydrogen) atoms. The number of piperazine rings is 1. The van der Waals surface area contributed by atoms with Gasteiger partial charge in [-0.25, -0.2) is 4.79 Å². The molecule has 2 N–H and O–H groups in total. The highest BCUT2D eigenvalue weighted by atomic mass is 16.2. The Kier molecular flexibility index (Phi) is 6.35. The summed E-state index contributed by atoms with van der Waals surface area (Å²) in [7, 11) is 0. The first-order valence-electron chi connectivity index (χ1n) is 11.0. The molecule has 3 fully saturated rings. The summed E-state index contributed by atoms with van der Waals surface area (Å²) in [6.07, 6.45) is 4.54. The second-order valence-electron chi connectivity index (χ2n) is 8.48. The second kappa shape index (κ2) is 9.13. The Hall–Kier alpha value is -2.12. The van der Waals surface area contributed by atoms with Crippen LogP contribution in [0.15, 0.2) is 18.2 Å². The van der Waals surface area contributed by atoms with Crippen LogP contribution in [-0.4, -0.2) is 85.0 Å². The van der Waals surface area contributed by atoms with Gasteiger partial charge in [0.1, 0.15) is 0 Å². The average Bonchev–Trinajstić information content (AvgIpc) is 3.30. The van der Waals surface area contributed by atoms with Gasteiger partial charge < -0.3 is 20.4 Å². The van der Waals surface area contributed by atoms with Gasteiger partial charge in [0.05, 0.1) is 0 Å². The monoisotopic (exact) mass is 399 g/mol. The number of nitrogens with zero attached hydrogens (tertiary/aromatic N) is 3. The zero-order chi connectivity index (χ0) is 20.2. The Labute approximate surface area is 173 Å². The molecule has 0 bridgehead atoms. The number of piperidine rings is 1. The molecule has 7 nitrogen and oxygen atoms in total. The normalized spacial score (nSPS) is 23.3. The van der Waals surface area contributed by atoms with E-state index < -0.39 is 0 Å². The number of nitrogens with one attached hydrogen (secondary N) is 2. The van der Waals surface area contributed by atoms with Crippen LogP contribution in [0, 0.1) is 6.92 Å². The maximum Gasteiger partial charge on any atom is 0.321 e. The van der Waals surface area contributed by atoms with Gasteiger partial charge in [0.25, 0.3) is 5.91 Å². The number of carbonyl (C=O) groups is 2. The summed E-state index contributed by atoms with van der Waals surface area (Å²) in [6.45, 7) is 9.10. The summed E-state index contributed by atoms with van der Waals surface area (Å²) in [4.78, 5) is 32.0. The predicted molar refractivity (Wildman–Crippen MR) is 114 cm³/mol. The van der Waals surface area contributed by atoms with Crippen LogP contribution in [0.25, 0.3) is 0 Å². The molecule has 7 heteroatoms. The molecule has 3 heterocycles. The third kappa shape index (κ3) is 4.73. The van der Waals surface area contributed by atoms with E-state index in [0.717, 1.165) is 70.8 Å². The van der Waals surface area contributed by atoms with Gasteiger partial charge in [-0.1, -0.05) is 6.07 Å². The maximum atomic E-state index is 12.9. The lowest BCUT2D eigenvalue weighted by Gasteiger charge is -2.37. The summed E-state index contributed by atoms with van der Waals surface area (Å²) < 4.78 is 0. The van der Waals surface area contributed by atoms with Crippen molar-refractivity contribution < 1.29 is 9.59 Å². The molecule has 0 spiro atoms. The highest BCUT2D eigenvalue weighted by Crippen LogP contribution is 2.20. The average molecular weight is 400 g/mol. The van der Waals surface area contributed by atoms with Crippen LogP contribution in [0.4, 0.5) is 10.5 Å². The van der Waals surface area contributed by atoms with Crippen molar-refractivity contribution in [3.63, 3.8) is 0 Å². The van der Waals surface area contributed by atoms with Gasteiger partial charge in [-0.2, -0.15) is 0 Å². The first-order chi connectivity index (χ1) is 14.1. The molecular weight excluding hydrogens is 366 g/mol. The molecule has 3 amide bonds. The number of benzene rings is 1. The number of amides is 3. The highest BCUT2D eigenvalue weighted by Gasteiger charge is 2.28. The van der Waals surface area contributed by atoms with E-state index in [9.17, 15) is 9.59 Å². The quantitative estimate of drug-likeness (QED) is 0.817. The molecule has 1 aromatic rings. The fourth-order valence-corrected chi connectivity index (χ4v) is 4.64. The standard InChI is InChI=1S/C22H33N5O2/c1-17-5-6-18(15-20(17)21(28)26-9-3-2-4-10-26)24-22(29)27-13-11-25(12-14-27)19-7-8-23-16-19/h5-6,15,19,23H,2-4,7-14,16H2,1H3,(H,24,29). The second-order valence-corrected chi connectivity index (χ2v) is 8.48. The smallest absolute Gasteiger partial charge is 0.321 e. The molecule has 4 rings (SSSR count). The minimum atomic E-state index is -0.0746. The zero-order valence-electron chi connectivity index (χ0n) is 17.5. The van der Waals surface area contributed by atoms with Crippen molar-refractivity contribution in [3.05, 3.63) is 29.3 Å². The lowest BCUT2D eigenvalue weighted by Crippen LogP contribution is -2.53. The van der Waals surface area contributed by atoms with Crippen LogP contribution < -0.4 is 10.6 Å². The van der Waals surface area contributed by atoms with E-state index >= 15 is 0 Å². The van der Waals surface area contributed by atoms with E-state index in [4.69, 9.17) is 0 Å². The van der Waals surface area contributed by atoms with Crippen LogP contribution in [0.1, 0.15) is 41.6 Å². The van der Waals surface area contributed by atoms with Gasteiger partial charge >= 0.3 is 6.03 Å². The topological polar surface area (TPSA) is 67.9 Å². The molecule has 1 unspecified atom stereocenters. The Morgan fingerprint density at radius 1 is 1.00 bits per heavy atom. The van der Waals surface area contributed by atoms with Gasteiger partial charge in [0.15, 0.2) is 0 Å². The van der Waals surface area contributed by atoms with Crippen LogP contribution in [0.3, 0.4) is 0 Å². The van der Waals surface area contributed by atoms with Gasteiger partial charge in [0, 0.05) is 63.1 Å². The number of urea groups is 1. The number of hydrogen-bond donors (Lipinski definition) is 2. The van der Waals surface area contributed by atoms with Gasteiger partial charge in [-0.3, -0.25) is 9.69 Å². The number of carbonyl (C=O) groups excluding carboxylic acids is 2. The summed E-state index contributed by atoms with van der Waals surface area (Å²) >= 11 is 0. The number of likely N-dealkylation sites (tertiary alicyclic amines) is 1. The Morgan fingerprint density at radius 3 is 2.45 bits per heavy atom. The Bertz CT molecular complexity index is 733. The molecule has 1 aromatic carbocycles. The Balaban J connectivity index is 1.35. The van der Waals surface area contributed by atoms with E-state index in [1.807, 2.05) is 34.9 Å². The minimum Gasteiger partial charge on any atom is -0.339 e. The molecule has 1 atom stereocenters. The Morgan fingerprint density at radius 2 is 1.76 bits per heavy atom. The van der Waals surface area contributed by atoms with Crippen LogP contribution in [0.5, 0.6) is 0 Å². The molecule has 0 saturated carbocycles. The van der Waals surface area contributed by atoms with Gasteiger partial charge in [0.2, 0.25) is 0 Å². The van der Waals surface area contributed by atoms with E-state index in [-0.39, 0.29) is 11.9 Å². The van der Waals surface area contributed by atoms with Crippen molar-refractivity contribution >= 4 is 17.6 Å². The summed E-state index contributed by atoms with van der Waals surface area (Å²) in [6, 6.07) is 6.19. The molecule has 3 aliphatic heterocycles. The third-order valence-corrected chi connectivity index (χ3v) is 6.51. The molecule has 3 aliphatic rings. The highest BCUT2D eigenvalue weighted by molar-refractivity contribution is 5.98. The van der Waals surface area contributed by atoms with E-state index in [2.05, 4.69) is 15.5 Å². The van der Waals surface area contributed by atoms with Crippen molar-refractivity contribution in [1.82, 2.24) is 20.0 Å². The molecular formula is C22H33N5O2. The van der Waals surface area contributed by atoms with E-state index in [1.165, 1.54) is 12.8 Å². The minimum absolute atomic E-state index is 0.0746. The first-order valence-corrected chi connectivity index (χ1v) is 11.0. The molecule has 0 aliphatic carbocycles. The first kappa shape index (κ1) is 20.2. The number of anilines is 1. The van der Waals surface area contributed by atoms with Crippen LogP contribution >= 0.6 is 0 Å². The van der Waals surface area contributed by atoms with Crippen molar-refractivity contribution in [2.45, 2.75) is 38.6 Å². The van der Waals surface area contributed by atoms with Gasteiger partial charge in [-0.05, 0) is 56.8 Å². The van der Waals surface area contributed by atoms with E-state index in [0.29, 0.717) is 17.3 Å². The van der Waals surface area contributed by atoms with Crippen molar-refractivity contribution in [1.29, 1.82) is 0 Å². The lowest BCUT2D eigenvalue weighted by molar-refractivity contribution is 0.0723. The fourth-order valence-electron chi connectivity index (χ4n) is 4.64. The molecule has 3 saturated heterocycles. The largest absolute Gasteiger partial charge is 0.339 e. The van der Waals surface area contributed by atoms with Crippen LogP contribution in [0.2, 0.25) is 0 Å². The van der Waals surface area contributed by atoms with E-state index in [1.54, 1.807) is 0 Å². The third-order valence-electron chi connectivity index (χ3n) is 6.51. The van der Waals surface area contributed by atoms with Crippen molar-refractivity contribution in [2.75, 3.05) is 57.7 Å². The maximum absolute atomic E-state index is 12.9. The SMILES string of the molecule is Cc1ccc(NC(=O)N2CCN(C3CCNC3)CC2)cc1C(=O)N1CCCCC1. The molecule has 158 valence electrons. The van der Waals surface area contributed by atoms with Crippen LogP contribution in [-0.2, 0) is 0 Å². The zero-order valence-corrected chi connectivity index (χ0v) is 17.5. The lowest BCUT2D eigenvalue weighted by atomic mass is 10.0. The van der Waals surface area contributed by atoms with Crippen molar-refractivity contribution in [3.8, 4) is 0 Å².